The summed E-state index contributed by atoms with van der Waals surface area (Å²) in [5.41, 5.74) is 0. The number of carbonyl (C=O) groups is 1. The number of likely N-dealkylation sites (tertiary alicyclic amines) is 1. The molecule has 1 heterocycles. The van der Waals surface area contributed by atoms with Gasteiger partial charge >= 0.3 is 0 Å². The second kappa shape index (κ2) is 12.7. The van der Waals surface area contributed by atoms with Gasteiger partial charge in [-0.1, -0.05) is 19.9 Å². The zero-order valence-corrected chi connectivity index (χ0v) is 19.6. The van der Waals surface area contributed by atoms with Gasteiger partial charge in [-0.15, -0.1) is 24.0 Å². The van der Waals surface area contributed by atoms with Gasteiger partial charge in [0, 0.05) is 37.7 Å². The van der Waals surface area contributed by atoms with Crippen LogP contribution in [0.5, 0.6) is 11.5 Å². The van der Waals surface area contributed by atoms with Gasteiger partial charge in [-0.05, 0) is 25.5 Å². The molecule has 1 amide bonds. The van der Waals surface area contributed by atoms with Crippen molar-refractivity contribution in [2.75, 3.05) is 39.9 Å². The van der Waals surface area contributed by atoms with Crippen molar-refractivity contribution < 1.29 is 14.3 Å². The van der Waals surface area contributed by atoms with Crippen LogP contribution in [0.25, 0.3) is 0 Å². The molecular weight excluding hydrogens is 471 g/mol. The first-order valence-corrected chi connectivity index (χ1v) is 9.64. The number of aliphatic imine (C=N–C) groups is 1. The number of methoxy groups -OCH3 is 1. The predicted molar refractivity (Wildman–Crippen MR) is 123 cm³/mol. The van der Waals surface area contributed by atoms with E-state index in [2.05, 4.69) is 15.6 Å². The third kappa shape index (κ3) is 7.73. The normalized spacial score (nSPS) is 16.5. The highest BCUT2D eigenvalue weighted by Gasteiger charge is 2.27. The minimum atomic E-state index is 0. The monoisotopic (exact) mass is 504 g/mol. The molecule has 1 saturated heterocycles. The van der Waals surface area contributed by atoms with Gasteiger partial charge in [0.15, 0.2) is 5.96 Å². The molecule has 2 N–H and O–H groups in total. The van der Waals surface area contributed by atoms with Gasteiger partial charge in [0.05, 0.1) is 13.7 Å². The van der Waals surface area contributed by atoms with Crippen molar-refractivity contribution in [2.45, 2.75) is 33.2 Å². The van der Waals surface area contributed by atoms with Crippen molar-refractivity contribution >= 4 is 35.8 Å². The van der Waals surface area contributed by atoms with Crippen LogP contribution >= 0.6 is 24.0 Å². The first kappa shape index (κ1) is 24.3. The third-order valence-electron chi connectivity index (χ3n) is 4.35. The SMILES string of the molecule is CCNC(=NCCOc1cccc(OC)c1)NC1CCN(C(=O)C(C)C)C1.I. The lowest BCUT2D eigenvalue weighted by Gasteiger charge is -2.20. The molecule has 7 nitrogen and oxygen atoms in total. The first-order valence-electron chi connectivity index (χ1n) is 9.64. The number of guanidine groups is 1. The van der Waals surface area contributed by atoms with Crippen LogP contribution in [0.2, 0.25) is 0 Å². The van der Waals surface area contributed by atoms with Crippen LogP contribution in [0.15, 0.2) is 29.3 Å². The summed E-state index contributed by atoms with van der Waals surface area (Å²) in [7, 11) is 1.64. The van der Waals surface area contributed by atoms with Gasteiger partial charge in [0.2, 0.25) is 5.91 Å². The number of halogens is 1. The van der Waals surface area contributed by atoms with E-state index in [0.717, 1.165) is 43.5 Å². The van der Waals surface area contributed by atoms with Crippen LogP contribution in [0.4, 0.5) is 0 Å². The average Bonchev–Trinajstić information content (AvgIpc) is 3.13. The quantitative estimate of drug-likeness (QED) is 0.246. The molecule has 0 aromatic heterocycles. The van der Waals surface area contributed by atoms with E-state index in [9.17, 15) is 4.79 Å². The molecule has 0 radical (unpaired) electrons. The van der Waals surface area contributed by atoms with Crippen molar-refractivity contribution in [3.63, 3.8) is 0 Å². The van der Waals surface area contributed by atoms with Crippen molar-refractivity contribution in [3.8, 4) is 11.5 Å². The van der Waals surface area contributed by atoms with Crippen molar-refractivity contribution in [3.05, 3.63) is 24.3 Å². The lowest BCUT2D eigenvalue weighted by atomic mass is 10.2. The van der Waals surface area contributed by atoms with E-state index in [1.165, 1.54) is 0 Å². The molecule has 158 valence electrons. The highest BCUT2D eigenvalue weighted by molar-refractivity contribution is 14.0. The summed E-state index contributed by atoms with van der Waals surface area (Å²) < 4.78 is 10.9. The van der Waals surface area contributed by atoms with Gasteiger partial charge in [-0.25, -0.2) is 4.99 Å². The molecule has 8 heteroatoms. The molecule has 0 spiro atoms. The summed E-state index contributed by atoms with van der Waals surface area (Å²) in [4.78, 5) is 18.6. The second-order valence-electron chi connectivity index (χ2n) is 6.86. The van der Waals surface area contributed by atoms with Gasteiger partial charge in [-0.2, -0.15) is 0 Å². The highest BCUT2D eigenvalue weighted by atomic mass is 127. The van der Waals surface area contributed by atoms with Crippen LogP contribution in [-0.4, -0.2) is 62.7 Å². The fourth-order valence-electron chi connectivity index (χ4n) is 2.97. The molecule has 0 bridgehead atoms. The van der Waals surface area contributed by atoms with Gasteiger partial charge < -0.3 is 25.0 Å². The number of hydrogen-bond donors (Lipinski definition) is 2. The van der Waals surface area contributed by atoms with Crippen molar-refractivity contribution in [1.82, 2.24) is 15.5 Å². The number of rotatable bonds is 8. The smallest absolute Gasteiger partial charge is 0.225 e. The summed E-state index contributed by atoms with van der Waals surface area (Å²) in [5.74, 6) is 2.55. The Morgan fingerprint density at radius 3 is 2.79 bits per heavy atom. The number of nitrogens with one attached hydrogen (secondary N) is 2. The fraction of sp³-hybridized carbons (Fsp3) is 0.600. The number of nitrogens with zero attached hydrogens (tertiary/aromatic N) is 2. The van der Waals surface area contributed by atoms with Crippen LogP contribution < -0.4 is 20.1 Å². The molecule has 1 aliphatic rings. The minimum absolute atomic E-state index is 0. The largest absolute Gasteiger partial charge is 0.497 e. The molecule has 1 unspecified atom stereocenters. The Hall–Kier alpha value is -1.71. The lowest BCUT2D eigenvalue weighted by Crippen LogP contribution is -2.45. The van der Waals surface area contributed by atoms with Gasteiger partial charge in [0.1, 0.15) is 18.1 Å². The van der Waals surface area contributed by atoms with E-state index in [4.69, 9.17) is 9.47 Å². The Kier molecular flexibility index (Phi) is 11.0. The maximum Gasteiger partial charge on any atom is 0.225 e. The van der Waals surface area contributed by atoms with Crippen LogP contribution in [0.3, 0.4) is 0 Å². The molecule has 1 atom stereocenters. The zero-order chi connectivity index (χ0) is 19.6. The predicted octanol–water partition coefficient (Wildman–Crippen LogP) is 2.50. The average molecular weight is 504 g/mol. The maximum atomic E-state index is 12.1. The van der Waals surface area contributed by atoms with Crippen LogP contribution in [0, 0.1) is 5.92 Å². The van der Waals surface area contributed by atoms with E-state index >= 15 is 0 Å². The fourth-order valence-corrected chi connectivity index (χ4v) is 2.97. The Balaban J connectivity index is 0.00000392. The van der Waals surface area contributed by atoms with E-state index in [-0.39, 0.29) is 41.8 Å². The van der Waals surface area contributed by atoms with E-state index in [1.807, 2.05) is 49.9 Å². The Bertz CT molecular complexity index is 640. The molecular formula is C20H33IN4O3. The Morgan fingerprint density at radius 1 is 1.36 bits per heavy atom. The van der Waals surface area contributed by atoms with E-state index < -0.39 is 0 Å². The molecule has 0 saturated carbocycles. The number of hydrogen-bond acceptors (Lipinski definition) is 4. The Labute approximate surface area is 185 Å². The summed E-state index contributed by atoms with van der Waals surface area (Å²) in [6, 6.07) is 7.76. The molecule has 0 aliphatic carbocycles. The maximum absolute atomic E-state index is 12.1. The Morgan fingerprint density at radius 2 is 2.11 bits per heavy atom. The van der Waals surface area contributed by atoms with Crippen LogP contribution in [0.1, 0.15) is 27.2 Å². The van der Waals surface area contributed by atoms with Crippen LogP contribution in [-0.2, 0) is 4.79 Å². The molecule has 1 fully saturated rings. The van der Waals surface area contributed by atoms with Crippen molar-refractivity contribution in [1.29, 1.82) is 0 Å². The number of amides is 1. The topological polar surface area (TPSA) is 75.2 Å². The second-order valence-corrected chi connectivity index (χ2v) is 6.86. The molecule has 1 aromatic rings. The van der Waals surface area contributed by atoms with Gasteiger partial charge in [0.25, 0.3) is 0 Å². The zero-order valence-electron chi connectivity index (χ0n) is 17.2. The molecule has 1 aliphatic heterocycles. The van der Waals surface area contributed by atoms with Crippen molar-refractivity contribution in [2.24, 2.45) is 10.9 Å². The highest BCUT2D eigenvalue weighted by Crippen LogP contribution is 2.18. The third-order valence-corrected chi connectivity index (χ3v) is 4.35. The molecule has 2 rings (SSSR count). The van der Waals surface area contributed by atoms with Gasteiger partial charge in [-0.3, -0.25) is 4.79 Å². The summed E-state index contributed by atoms with van der Waals surface area (Å²) >= 11 is 0. The van der Waals surface area contributed by atoms with E-state index in [1.54, 1.807) is 7.11 Å². The number of ether oxygens (including phenoxy) is 2. The summed E-state index contributed by atoms with van der Waals surface area (Å²) in [6.45, 7) is 9.24. The first-order chi connectivity index (χ1) is 13.0. The summed E-state index contributed by atoms with van der Waals surface area (Å²) in [6.07, 6.45) is 0.934. The number of carbonyl (C=O) groups excluding carboxylic acids is 1. The lowest BCUT2D eigenvalue weighted by molar-refractivity contribution is -0.133. The molecule has 1 aromatic carbocycles. The minimum Gasteiger partial charge on any atom is -0.497 e. The number of benzene rings is 1. The standard InChI is InChI=1S/C20H32N4O3.HI/c1-5-21-20(23-16-9-11-24(14-16)19(25)15(2)3)22-10-12-27-18-8-6-7-17(13-18)26-4;/h6-8,13,15-16H,5,9-12,14H2,1-4H3,(H2,21,22,23);1H. The molecule has 28 heavy (non-hydrogen) atoms. The summed E-state index contributed by atoms with van der Waals surface area (Å²) in [5, 5.41) is 6.68. The van der Waals surface area contributed by atoms with E-state index in [0.29, 0.717) is 13.2 Å².